The van der Waals surface area contributed by atoms with Crippen LogP contribution in [0.2, 0.25) is 10.0 Å². The van der Waals surface area contributed by atoms with E-state index in [2.05, 4.69) is 9.98 Å². The molecule has 0 unspecified atom stereocenters. The lowest BCUT2D eigenvalue weighted by Crippen LogP contribution is -2.16. The van der Waals surface area contributed by atoms with Crippen molar-refractivity contribution in [1.82, 2.24) is 9.55 Å². The molecule has 4 nitrogen and oxygen atoms in total. The summed E-state index contributed by atoms with van der Waals surface area (Å²) in [6.45, 7) is 2.61. The molecule has 2 aromatic carbocycles. The van der Waals surface area contributed by atoms with Crippen LogP contribution in [0.5, 0.6) is 0 Å². The van der Waals surface area contributed by atoms with Gasteiger partial charge in [0.15, 0.2) is 9.81 Å². The van der Waals surface area contributed by atoms with E-state index >= 15 is 0 Å². The van der Waals surface area contributed by atoms with Crippen LogP contribution in [0.4, 0.5) is 0 Å². The van der Waals surface area contributed by atoms with Gasteiger partial charge >= 0.3 is 5.91 Å². The topological polar surface area (TPSA) is 47.2 Å². The van der Waals surface area contributed by atoms with E-state index in [-0.39, 0.29) is 5.91 Å². The Morgan fingerprint density at radius 3 is 2.68 bits per heavy atom. The summed E-state index contributed by atoms with van der Waals surface area (Å²) in [5.41, 5.74) is 1.61. The van der Waals surface area contributed by atoms with Gasteiger partial charge in [-0.2, -0.15) is 4.99 Å². The molecule has 0 N–H and O–H groups in total. The monoisotopic (exact) mass is 407 g/mol. The zero-order chi connectivity index (χ0) is 17.6. The highest BCUT2D eigenvalue weighted by Gasteiger charge is 2.15. The van der Waals surface area contributed by atoms with E-state index in [1.165, 1.54) is 22.7 Å². The molecule has 25 heavy (non-hydrogen) atoms. The van der Waals surface area contributed by atoms with E-state index in [1.54, 1.807) is 12.1 Å². The third kappa shape index (κ3) is 2.89. The van der Waals surface area contributed by atoms with Crippen LogP contribution in [0.3, 0.4) is 0 Å². The maximum Gasteiger partial charge on any atom is 0.308 e. The Morgan fingerprint density at radius 2 is 1.92 bits per heavy atom. The van der Waals surface area contributed by atoms with Gasteiger partial charge in [-0.1, -0.05) is 46.7 Å². The third-order valence-electron chi connectivity index (χ3n) is 3.72. The first-order chi connectivity index (χ1) is 12.1. The molecule has 2 aromatic heterocycles. The van der Waals surface area contributed by atoms with Crippen LogP contribution in [0.1, 0.15) is 16.7 Å². The highest BCUT2D eigenvalue weighted by molar-refractivity contribution is 7.20. The van der Waals surface area contributed by atoms with Crippen LogP contribution < -0.4 is 4.80 Å². The second kappa shape index (κ2) is 6.53. The van der Waals surface area contributed by atoms with Gasteiger partial charge < -0.3 is 4.57 Å². The summed E-state index contributed by atoms with van der Waals surface area (Å²) in [4.78, 5) is 21.8. The number of benzene rings is 2. The number of aryl methyl sites for hydroxylation is 1. The number of carbonyl (C=O) groups excluding carboxylic acids is 1. The predicted octanol–water partition coefficient (Wildman–Crippen LogP) is 5.38. The van der Waals surface area contributed by atoms with E-state index in [9.17, 15) is 4.79 Å². The summed E-state index contributed by atoms with van der Waals surface area (Å²) < 4.78 is 3.69. The number of hydrogen-bond acceptors (Lipinski definition) is 4. The normalized spacial score (nSPS) is 12.4. The molecule has 8 heteroatoms. The average Bonchev–Trinajstić information content (AvgIpc) is 3.20. The molecular weight excluding hydrogens is 397 g/mol. The van der Waals surface area contributed by atoms with Crippen molar-refractivity contribution in [3.8, 4) is 0 Å². The van der Waals surface area contributed by atoms with Crippen LogP contribution in [0.25, 0.3) is 20.4 Å². The number of nitrogens with zero attached hydrogens (tertiary/aromatic N) is 3. The molecule has 0 bridgehead atoms. The third-order valence-corrected chi connectivity index (χ3v) is 6.59. The molecule has 2 heterocycles. The summed E-state index contributed by atoms with van der Waals surface area (Å²) in [5, 5.41) is 1.56. The van der Waals surface area contributed by atoms with Crippen LogP contribution in [0.15, 0.2) is 41.4 Å². The Kier molecular flexibility index (Phi) is 4.37. The van der Waals surface area contributed by atoms with Crippen molar-refractivity contribution < 1.29 is 4.79 Å². The molecule has 4 aromatic rings. The molecule has 0 fully saturated rings. The number of halogens is 2. The first-order valence-electron chi connectivity index (χ1n) is 7.50. The summed E-state index contributed by atoms with van der Waals surface area (Å²) in [7, 11) is 0. The van der Waals surface area contributed by atoms with E-state index in [0.717, 1.165) is 20.4 Å². The van der Waals surface area contributed by atoms with Crippen LogP contribution in [-0.2, 0) is 6.54 Å². The Labute approximate surface area is 161 Å². The smallest absolute Gasteiger partial charge is 0.308 e. The SMILES string of the molecule is CCn1c(=NC(=O)c2nc3ccccc3s2)sc2c(Cl)ccc(Cl)c21. The first-order valence-corrected chi connectivity index (χ1v) is 9.89. The standard InChI is InChI=1S/C17H11Cl2N3OS2/c1-2-22-13-9(18)7-8-10(19)14(13)25-17(22)21-15(23)16-20-11-5-3-4-6-12(11)24-16/h3-8H,2H2,1H3. The molecular formula is C17H11Cl2N3OS2. The number of fused-ring (bicyclic) bond motifs is 2. The van der Waals surface area contributed by atoms with Gasteiger partial charge in [0.2, 0.25) is 0 Å². The fourth-order valence-corrected chi connectivity index (χ4v) is 5.15. The number of thiazole rings is 2. The minimum absolute atomic E-state index is 0.359. The van der Waals surface area contributed by atoms with Crippen molar-refractivity contribution in [2.24, 2.45) is 4.99 Å². The Bertz CT molecular complexity index is 1160. The van der Waals surface area contributed by atoms with Crippen molar-refractivity contribution in [1.29, 1.82) is 0 Å². The highest BCUT2D eigenvalue weighted by Crippen LogP contribution is 2.32. The highest BCUT2D eigenvalue weighted by atomic mass is 35.5. The quantitative estimate of drug-likeness (QED) is 0.447. The molecule has 0 aliphatic heterocycles. The van der Waals surface area contributed by atoms with Crippen LogP contribution in [-0.4, -0.2) is 15.5 Å². The zero-order valence-corrected chi connectivity index (χ0v) is 16.1. The maximum atomic E-state index is 12.6. The largest absolute Gasteiger partial charge is 0.315 e. The second-order valence-electron chi connectivity index (χ2n) is 5.24. The number of amides is 1. The van der Waals surface area contributed by atoms with E-state index in [0.29, 0.717) is 26.4 Å². The first kappa shape index (κ1) is 16.7. The van der Waals surface area contributed by atoms with Crippen molar-refractivity contribution in [2.75, 3.05) is 0 Å². The molecule has 126 valence electrons. The second-order valence-corrected chi connectivity index (χ2v) is 8.06. The van der Waals surface area contributed by atoms with Gasteiger partial charge in [0.25, 0.3) is 0 Å². The molecule has 0 aliphatic carbocycles. The Morgan fingerprint density at radius 1 is 1.16 bits per heavy atom. The number of carbonyl (C=O) groups is 1. The summed E-state index contributed by atoms with van der Waals surface area (Å²) >= 11 is 15.3. The summed E-state index contributed by atoms with van der Waals surface area (Å²) in [6, 6.07) is 11.1. The van der Waals surface area contributed by atoms with Gasteiger partial charge in [-0.3, -0.25) is 4.79 Å². The minimum atomic E-state index is -0.359. The van der Waals surface area contributed by atoms with E-state index < -0.39 is 0 Å². The predicted molar refractivity (Wildman–Crippen MR) is 105 cm³/mol. The van der Waals surface area contributed by atoms with Crippen LogP contribution in [0, 0.1) is 0 Å². The molecule has 0 saturated heterocycles. The summed E-state index contributed by atoms with van der Waals surface area (Å²) in [6.07, 6.45) is 0. The van der Waals surface area contributed by atoms with Crippen molar-refractivity contribution in [2.45, 2.75) is 13.5 Å². The molecule has 0 radical (unpaired) electrons. The van der Waals surface area contributed by atoms with Gasteiger partial charge in [-0.25, -0.2) is 4.98 Å². The number of aromatic nitrogens is 2. The fourth-order valence-electron chi connectivity index (χ4n) is 2.59. The fraction of sp³-hybridized carbons (Fsp3) is 0.118. The minimum Gasteiger partial charge on any atom is -0.315 e. The number of hydrogen-bond donors (Lipinski definition) is 0. The van der Waals surface area contributed by atoms with Gasteiger partial charge in [-0.15, -0.1) is 11.3 Å². The molecule has 0 atom stereocenters. The maximum absolute atomic E-state index is 12.6. The van der Waals surface area contributed by atoms with Gasteiger partial charge in [0.05, 0.1) is 30.5 Å². The summed E-state index contributed by atoms with van der Waals surface area (Å²) in [5.74, 6) is -0.359. The van der Waals surface area contributed by atoms with E-state index in [4.69, 9.17) is 23.2 Å². The Hall–Kier alpha value is -1.73. The molecule has 1 amide bonds. The van der Waals surface area contributed by atoms with Gasteiger partial charge in [-0.05, 0) is 31.2 Å². The van der Waals surface area contributed by atoms with Gasteiger partial charge in [0.1, 0.15) is 0 Å². The molecule has 0 saturated carbocycles. The lowest BCUT2D eigenvalue weighted by molar-refractivity contribution is 0.0997. The van der Waals surface area contributed by atoms with Crippen molar-refractivity contribution in [3.05, 3.63) is 56.3 Å². The number of rotatable bonds is 2. The van der Waals surface area contributed by atoms with Crippen molar-refractivity contribution in [3.63, 3.8) is 0 Å². The lowest BCUT2D eigenvalue weighted by Gasteiger charge is -2.02. The van der Waals surface area contributed by atoms with Crippen LogP contribution >= 0.6 is 45.9 Å². The van der Waals surface area contributed by atoms with Crippen molar-refractivity contribution >= 4 is 72.2 Å². The van der Waals surface area contributed by atoms with E-state index in [1.807, 2.05) is 35.8 Å². The number of para-hydroxylation sites is 1. The Balaban J connectivity index is 1.89. The zero-order valence-electron chi connectivity index (χ0n) is 13.0. The molecule has 4 rings (SSSR count). The molecule has 0 spiro atoms. The average molecular weight is 408 g/mol. The van der Waals surface area contributed by atoms with Gasteiger partial charge in [0, 0.05) is 6.54 Å². The lowest BCUT2D eigenvalue weighted by atomic mass is 10.3. The molecule has 0 aliphatic rings.